The summed E-state index contributed by atoms with van der Waals surface area (Å²) in [5.41, 5.74) is 0. The monoisotopic (exact) mass is 842 g/mol. The Balaban J connectivity index is 4.25. The highest BCUT2D eigenvalue weighted by Crippen LogP contribution is 2.14. The molecule has 0 bridgehead atoms. The first-order chi connectivity index (χ1) is 29.1. The van der Waals surface area contributed by atoms with Crippen LogP contribution in [0.2, 0.25) is 0 Å². The van der Waals surface area contributed by atoms with Gasteiger partial charge in [0.15, 0.2) is 6.10 Å². The normalized spacial score (nSPS) is 13.4. The van der Waals surface area contributed by atoms with Gasteiger partial charge in [-0.1, -0.05) is 177 Å². The van der Waals surface area contributed by atoms with E-state index in [9.17, 15) is 19.5 Å². The number of rotatable bonds is 43. The van der Waals surface area contributed by atoms with Gasteiger partial charge < -0.3 is 28.6 Å². The van der Waals surface area contributed by atoms with Crippen molar-refractivity contribution in [3.8, 4) is 0 Å². The summed E-state index contributed by atoms with van der Waals surface area (Å²) in [7, 11) is 5.39. The molecule has 0 aliphatic heterocycles. The summed E-state index contributed by atoms with van der Waals surface area (Å²) in [5, 5.41) is 11.6. The Bertz CT molecular complexity index is 1170. The van der Waals surface area contributed by atoms with Gasteiger partial charge in [0.2, 0.25) is 0 Å². The Morgan fingerprint density at radius 3 is 1.50 bits per heavy atom. The number of carbonyl (C=O) groups is 3. The summed E-state index contributed by atoms with van der Waals surface area (Å²) in [6, 6.07) is -0.733. The first kappa shape index (κ1) is 57.0. The van der Waals surface area contributed by atoms with E-state index in [1.54, 1.807) is 21.1 Å². The number of nitrogens with zero attached hydrogens (tertiary/aromatic N) is 1. The molecule has 0 aromatic heterocycles. The van der Waals surface area contributed by atoms with Crippen LogP contribution < -0.4 is 5.11 Å². The van der Waals surface area contributed by atoms with E-state index in [4.69, 9.17) is 14.2 Å². The molecule has 2 unspecified atom stereocenters. The van der Waals surface area contributed by atoms with Crippen molar-refractivity contribution >= 4 is 17.9 Å². The van der Waals surface area contributed by atoms with Gasteiger partial charge in [-0.15, -0.1) is 0 Å². The molecule has 0 aromatic rings. The zero-order valence-corrected chi connectivity index (χ0v) is 39.4. The highest BCUT2D eigenvalue weighted by atomic mass is 16.6. The van der Waals surface area contributed by atoms with Crippen molar-refractivity contribution in [1.82, 2.24) is 0 Å². The van der Waals surface area contributed by atoms with Crippen LogP contribution in [0.5, 0.6) is 0 Å². The summed E-state index contributed by atoms with van der Waals surface area (Å²) in [6.45, 7) is 4.50. The molecule has 0 saturated carbocycles. The maximum atomic E-state index is 12.7. The second-order valence-electron chi connectivity index (χ2n) is 17.4. The van der Waals surface area contributed by atoms with Gasteiger partial charge in [-0.2, -0.15) is 0 Å². The van der Waals surface area contributed by atoms with Crippen molar-refractivity contribution in [2.45, 2.75) is 212 Å². The minimum atomic E-state index is -1.13. The molecule has 0 rings (SSSR count). The van der Waals surface area contributed by atoms with Gasteiger partial charge in [-0.3, -0.25) is 9.59 Å². The van der Waals surface area contributed by atoms with Crippen molar-refractivity contribution < 1.29 is 38.2 Å². The molecule has 0 heterocycles. The number of ether oxygens (including phenoxy) is 3. The number of quaternary nitrogens is 1. The molecule has 60 heavy (non-hydrogen) atoms. The summed E-state index contributed by atoms with van der Waals surface area (Å²) < 4.78 is 17.2. The van der Waals surface area contributed by atoms with E-state index in [1.807, 2.05) is 6.08 Å². The first-order valence-electron chi connectivity index (χ1n) is 24.3. The maximum Gasteiger partial charge on any atom is 0.306 e. The molecule has 0 fully saturated rings. The summed E-state index contributed by atoms with van der Waals surface area (Å²) in [5.74, 6) is -1.77. The number of allylic oxidation sites excluding steroid dienone is 10. The minimum absolute atomic E-state index is 0.0276. The van der Waals surface area contributed by atoms with Crippen molar-refractivity contribution in [3.05, 3.63) is 60.8 Å². The molecule has 0 amide bonds. The molecule has 0 spiro atoms. The highest BCUT2D eigenvalue weighted by molar-refractivity contribution is 5.70. The van der Waals surface area contributed by atoms with Crippen molar-refractivity contribution in [3.63, 3.8) is 0 Å². The van der Waals surface area contributed by atoms with Crippen molar-refractivity contribution in [1.29, 1.82) is 0 Å². The van der Waals surface area contributed by atoms with Gasteiger partial charge >= 0.3 is 11.9 Å². The van der Waals surface area contributed by atoms with Crippen LogP contribution in [-0.4, -0.2) is 75.5 Å². The van der Waals surface area contributed by atoms with Crippen molar-refractivity contribution in [2.24, 2.45) is 0 Å². The average molecular weight is 842 g/mol. The van der Waals surface area contributed by atoms with Crippen LogP contribution >= 0.6 is 0 Å². The fourth-order valence-electron chi connectivity index (χ4n) is 6.92. The summed E-state index contributed by atoms with van der Waals surface area (Å²) >= 11 is 0. The smallest absolute Gasteiger partial charge is 0.306 e. The number of carboxylic acids is 1. The van der Waals surface area contributed by atoms with Crippen LogP contribution in [-0.2, 0) is 28.6 Å². The van der Waals surface area contributed by atoms with Gasteiger partial charge in [0.25, 0.3) is 0 Å². The zero-order valence-electron chi connectivity index (χ0n) is 39.4. The Hall–Kier alpha value is -2.97. The molecule has 0 aliphatic rings. The van der Waals surface area contributed by atoms with E-state index in [0.29, 0.717) is 12.8 Å². The molecule has 8 nitrogen and oxygen atoms in total. The lowest BCUT2D eigenvalue weighted by Crippen LogP contribution is -2.55. The minimum Gasteiger partial charge on any atom is -0.544 e. The predicted molar refractivity (Wildman–Crippen MR) is 249 cm³/mol. The molecule has 8 heteroatoms. The zero-order chi connectivity index (χ0) is 44.2. The molecule has 0 aromatic carbocycles. The van der Waals surface area contributed by atoms with Crippen molar-refractivity contribution in [2.75, 3.05) is 41.0 Å². The van der Waals surface area contributed by atoms with Gasteiger partial charge in [0.1, 0.15) is 12.6 Å². The third-order valence-corrected chi connectivity index (χ3v) is 10.7. The Kier molecular flexibility index (Phi) is 40.6. The largest absolute Gasteiger partial charge is 0.544 e. The van der Waals surface area contributed by atoms with E-state index < -0.39 is 18.1 Å². The number of carbonyl (C=O) groups excluding carboxylic acids is 3. The van der Waals surface area contributed by atoms with Gasteiger partial charge in [0, 0.05) is 19.3 Å². The van der Waals surface area contributed by atoms with E-state index in [2.05, 4.69) is 68.5 Å². The summed E-state index contributed by atoms with van der Waals surface area (Å²) in [6.07, 6.45) is 52.6. The first-order valence-corrected chi connectivity index (χ1v) is 24.3. The van der Waals surface area contributed by atoms with Crippen LogP contribution in [0.15, 0.2) is 60.8 Å². The fraction of sp³-hybridized carbons (Fsp3) is 0.750. The number of unbranched alkanes of at least 4 members (excludes halogenated alkanes) is 21. The quantitative estimate of drug-likeness (QED) is 0.0198. The number of hydrogen-bond donors (Lipinski definition) is 0. The van der Waals surface area contributed by atoms with Crippen LogP contribution in [0.3, 0.4) is 0 Å². The van der Waals surface area contributed by atoms with Crippen LogP contribution in [0.4, 0.5) is 0 Å². The van der Waals surface area contributed by atoms with Gasteiger partial charge in [-0.25, -0.2) is 0 Å². The number of carboxylic acid groups (broad SMARTS) is 1. The number of hydrogen-bond acceptors (Lipinski definition) is 7. The van der Waals surface area contributed by atoms with E-state index in [0.717, 1.165) is 77.0 Å². The van der Waals surface area contributed by atoms with E-state index in [1.165, 1.54) is 89.9 Å². The molecule has 0 aliphatic carbocycles. The lowest BCUT2D eigenvalue weighted by Gasteiger charge is -2.34. The highest BCUT2D eigenvalue weighted by Gasteiger charge is 2.25. The topological polar surface area (TPSA) is 102 Å². The average Bonchev–Trinajstić information content (AvgIpc) is 3.21. The number of esters is 2. The van der Waals surface area contributed by atoms with E-state index in [-0.39, 0.29) is 42.7 Å². The Morgan fingerprint density at radius 1 is 0.533 bits per heavy atom. The molecule has 2 atom stereocenters. The molecule has 0 radical (unpaired) electrons. The Morgan fingerprint density at radius 2 is 1.00 bits per heavy atom. The van der Waals surface area contributed by atoms with Crippen LogP contribution in [0.1, 0.15) is 200 Å². The lowest BCUT2D eigenvalue weighted by molar-refractivity contribution is -0.889. The third-order valence-electron chi connectivity index (χ3n) is 10.7. The SMILES string of the molecule is CC/C=C/C=C/C=C/CCCCCCCC(=O)OC(COCCC(C(=O)[O-])[N+](C)(C)C)COC(=O)CCCCCCCCC/C=C/C/C=C/CCCCCCCCCCC. The number of likely N-dealkylation sites (N-methyl/N-ethyl adjacent to an activating group) is 1. The standard InChI is InChI=1S/C52H91NO7/c1-6-8-10-12-14-16-18-20-21-22-23-24-25-26-27-28-29-31-32-34-36-38-40-42-50(54)59-47-48(46-58-45-44-49(52(56)57)53(3,4)5)60-51(55)43-41-39-37-35-33-30-19-17-15-13-11-9-7-2/h9,11,13,15,17,19,23-24,26-27,48-49H,6-8,10,12,14,16,18,20-22,25,28-47H2,1-5H3/b11-9+,15-13+,19-17+,24-23+,27-26+. The van der Waals surface area contributed by atoms with Gasteiger partial charge in [0.05, 0.1) is 40.3 Å². The second-order valence-corrected chi connectivity index (χ2v) is 17.4. The maximum absolute atomic E-state index is 12.7. The lowest BCUT2D eigenvalue weighted by atomic mass is 10.1. The molecular weight excluding hydrogens is 751 g/mol. The molecule has 346 valence electrons. The molecule has 0 saturated heterocycles. The van der Waals surface area contributed by atoms with Crippen LogP contribution in [0.25, 0.3) is 0 Å². The van der Waals surface area contributed by atoms with E-state index >= 15 is 0 Å². The molecule has 0 N–H and O–H groups in total. The van der Waals surface area contributed by atoms with Crippen LogP contribution in [0, 0.1) is 0 Å². The molecular formula is C52H91NO7. The second kappa shape index (κ2) is 42.7. The third kappa shape index (κ3) is 40.4. The number of aliphatic carboxylic acids is 1. The fourth-order valence-corrected chi connectivity index (χ4v) is 6.92. The Labute approximate surface area is 368 Å². The summed E-state index contributed by atoms with van der Waals surface area (Å²) in [4.78, 5) is 36.9. The predicted octanol–water partition coefficient (Wildman–Crippen LogP) is 12.4. The van der Waals surface area contributed by atoms with Gasteiger partial charge in [-0.05, 0) is 64.2 Å².